The predicted octanol–water partition coefficient (Wildman–Crippen LogP) is 5.63. The van der Waals surface area contributed by atoms with Crippen molar-refractivity contribution in [3.05, 3.63) is 93.7 Å². The molecular weight excluding hydrogens is 381 g/mol. The minimum Gasteiger partial charge on any atom is -0.464 e. The van der Waals surface area contributed by atoms with Gasteiger partial charge in [-0.15, -0.1) is 0 Å². The average Bonchev–Trinajstić information content (AvgIpc) is 3.14. The first kappa shape index (κ1) is 16.6. The van der Waals surface area contributed by atoms with Gasteiger partial charge >= 0.3 is 0 Å². The van der Waals surface area contributed by atoms with E-state index in [0.29, 0.717) is 10.0 Å². The van der Waals surface area contributed by atoms with Crippen LogP contribution in [0, 0.1) is 0 Å². The van der Waals surface area contributed by atoms with Crippen LogP contribution in [-0.2, 0) is 0 Å². The molecule has 6 heteroatoms. The Morgan fingerprint density at radius 1 is 0.926 bits per heavy atom. The van der Waals surface area contributed by atoms with Gasteiger partial charge in [0.05, 0.1) is 11.8 Å². The Morgan fingerprint density at radius 2 is 1.67 bits per heavy atom. The highest BCUT2D eigenvalue weighted by molar-refractivity contribution is 6.31. The molecule has 0 saturated heterocycles. The van der Waals surface area contributed by atoms with Crippen LogP contribution in [0.4, 0.5) is 0 Å². The summed E-state index contributed by atoms with van der Waals surface area (Å²) in [5.74, 6) is 0.843. The third-order valence-corrected chi connectivity index (χ3v) is 5.41. The second-order valence-electron chi connectivity index (χ2n) is 6.59. The van der Waals surface area contributed by atoms with Crippen molar-refractivity contribution in [3.8, 4) is 5.75 Å². The Bertz CT molecular complexity index is 1020. The molecular formula is C21H15Cl2N3O. The number of benzene rings is 2. The zero-order valence-electron chi connectivity index (χ0n) is 14.2. The molecule has 0 N–H and O–H groups in total. The molecule has 0 aliphatic carbocycles. The maximum Gasteiger partial charge on any atom is 0.213 e. The third-order valence-electron chi connectivity index (χ3n) is 4.92. The van der Waals surface area contributed by atoms with Crippen LogP contribution < -0.4 is 4.74 Å². The van der Waals surface area contributed by atoms with Crippen LogP contribution >= 0.6 is 23.2 Å². The monoisotopic (exact) mass is 395 g/mol. The van der Waals surface area contributed by atoms with Crippen LogP contribution in [0.25, 0.3) is 0 Å². The molecule has 4 nitrogen and oxygen atoms in total. The first-order chi connectivity index (χ1) is 13.2. The predicted molar refractivity (Wildman–Crippen MR) is 106 cm³/mol. The van der Waals surface area contributed by atoms with E-state index in [2.05, 4.69) is 4.98 Å². The molecule has 2 aromatic carbocycles. The van der Waals surface area contributed by atoms with E-state index < -0.39 is 0 Å². The number of rotatable bonds is 2. The molecule has 134 valence electrons. The topological polar surface area (TPSA) is 37.7 Å². The Hall–Kier alpha value is -2.56. The van der Waals surface area contributed by atoms with Crippen LogP contribution in [0.3, 0.4) is 0 Å². The van der Waals surface area contributed by atoms with Crippen molar-refractivity contribution in [1.29, 1.82) is 0 Å². The average molecular weight is 396 g/mol. The van der Waals surface area contributed by atoms with E-state index in [0.717, 1.165) is 34.6 Å². The Labute approximate surface area is 167 Å². The van der Waals surface area contributed by atoms with E-state index in [-0.39, 0.29) is 12.3 Å². The summed E-state index contributed by atoms with van der Waals surface area (Å²) in [4.78, 5) is 4.11. The minimum atomic E-state index is -0.309. The van der Waals surface area contributed by atoms with E-state index in [4.69, 9.17) is 33.0 Å². The molecule has 0 amide bonds. The molecule has 2 atom stereocenters. The molecule has 2 aliphatic heterocycles. The number of nitrogens with zero attached hydrogens (tertiary/aromatic N) is 3. The van der Waals surface area contributed by atoms with Gasteiger partial charge in [-0.05, 0) is 48.0 Å². The largest absolute Gasteiger partial charge is 0.464 e. The first-order valence-electron chi connectivity index (χ1n) is 8.67. The second-order valence-corrected chi connectivity index (χ2v) is 7.46. The molecule has 5 rings (SSSR count). The lowest BCUT2D eigenvalue weighted by molar-refractivity contribution is -0.0190. The molecule has 3 aromatic rings. The fourth-order valence-corrected chi connectivity index (χ4v) is 3.93. The Morgan fingerprint density at radius 3 is 2.44 bits per heavy atom. The van der Waals surface area contributed by atoms with Crippen LogP contribution in [0.1, 0.15) is 35.4 Å². The van der Waals surface area contributed by atoms with E-state index in [9.17, 15) is 0 Å². The summed E-state index contributed by atoms with van der Waals surface area (Å²) < 4.78 is 6.30. The number of hydrogen-bond donors (Lipinski definition) is 0. The minimum absolute atomic E-state index is 0.0660. The van der Waals surface area contributed by atoms with Gasteiger partial charge in [0.2, 0.25) is 6.23 Å². The van der Waals surface area contributed by atoms with Gasteiger partial charge in [0.15, 0.2) is 0 Å². The van der Waals surface area contributed by atoms with Crippen molar-refractivity contribution in [2.75, 3.05) is 0 Å². The molecule has 0 bridgehead atoms. The smallest absolute Gasteiger partial charge is 0.213 e. The molecule has 27 heavy (non-hydrogen) atoms. The molecule has 0 radical (unpaired) electrons. The molecule has 1 aromatic heterocycles. The van der Waals surface area contributed by atoms with E-state index in [1.807, 2.05) is 59.6 Å². The first-order valence-corrected chi connectivity index (χ1v) is 9.42. The summed E-state index contributed by atoms with van der Waals surface area (Å²) in [5.41, 5.74) is 4.13. The van der Waals surface area contributed by atoms with Crippen molar-refractivity contribution in [1.82, 2.24) is 9.99 Å². The van der Waals surface area contributed by atoms with E-state index >= 15 is 0 Å². The van der Waals surface area contributed by atoms with Gasteiger partial charge in [-0.3, -0.25) is 4.98 Å². The fourth-order valence-electron chi connectivity index (χ4n) is 3.62. The Balaban J connectivity index is 1.60. The van der Waals surface area contributed by atoms with Gasteiger partial charge in [-0.25, -0.2) is 5.01 Å². The number of ether oxygens (including phenoxy) is 1. The maximum absolute atomic E-state index is 6.30. The van der Waals surface area contributed by atoms with Crippen LogP contribution in [0.2, 0.25) is 10.0 Å². The van der Waals surface area contributed by atoms with Crippen LogP contribution in [-0.4, -0.2) is 15.7 Å². The highest BCUT2D eigenvalue weighted by atomic mass is 35.5. The van der Waals surface area contributed by atoms with Crippen molar-refractivity contribution >= 4 is 28.9 Å². The van der Waals surface area contributed by atoms with Gasteiger partial charge in [0, 0.05) is 40.0 Å². The number of hydrazone groups is 1. The number of halogens is 2. The summed E-state index contributed by atoms with van der Waals surface area (Å²) in [6, 6.07) is 17.5. The maximum atomic E-state index is 6.30. The lowest BCUT2D eigenvalue weighted by Gasteiger charge is -2.38. The summed E-state index contributed by atoms with van der Waals surface area (Å²) in [6.45, 7) is 0. The number of fused-ring (bicyclic) bond motifs is 3. The third kappa shape index (κ3) is 2.95. The standard InChI is InChI=1S/C21H15Cl2N3O/c22-15-3-1-13(2-4-15)18-12-19-17-11-16(23)5-6-20(17)27-21(26(19)25-18)14-7-9-24-10-8-14/h1-11,19,21H,12H2/t19-,21-/m1/s1. The fraction of sp³-hybridized carbons (Fsp3) is 0.143. The number of pyridine rings is 1. The summed E-state index contributed by atoms with van der Waals surface area (Å²) in [5, 5.41) is 8.35. The van der Waals surface area contributed by atoms with Gasteiger partial charge in [-0.2, -0.15) is 5.10 Å². The van der Waals surface area contributed by atoms with E-state index in [1.54, 1.807) is 12.4 Å². The highest BCUT2D eigenvalue weighted by Gasteiger charge is 2.41. The lowest BCUT2D eigenvalue weighted by atomic mass is 9.96. The number of aromatic nitrogens is 1. The molecule has 3 heterocycles. The molecule has 0 spiro atoms. The van der Waals surface area contributed by atoms with Crippen molar-refractivity contribution < 1.29 is 4.74 Å². The Kier molecular flexibility index (Phi) is 4.03. The van der Waals surface area contributed by atoms with Crippen LogP contribution in [0.15, 0.2) is 72.1 Å². The van der Waals surface area contributed by atoms with Crippen molar-refractivity contribution in [2.45, 2.75) is 18.7 Å². The normalized spacial score (nSPS) is 20.5. The van der Waals surface area contributed by atoms with Crippen LogP contribution in [0.5, 0.6) is 5.75 Å². The molecule has 0 unspecified atom stereocenters. The zero-order valence-corrected chi connectivity index (χ0v) is 15.7. The summed E-state index contributed by atoms with van der Waals surface area (Å²) in [6.07, 6.45) is 4.01. The lowest BCUT2D eigenvalue weighted by Crippen LogP contribution is -2.33. The van der Waals surface area contributed by atoms with Gasteiger partial charge < -0.3 is 4.74 Å². The number of hydrogen-bond acceptors (Lipinski definition) is 4. The molecule has 0 saturated carbocycles. The summed E-state index contributed by atoms with van der Waals surface area (Å²) >= 11 is 12.3. The van der Waals surface area contributed by atoms with Gasteiger partial charge in [0.1, 0.15) is 5.75 Å². The van der Waals surface area contributed by atoms with E-state index in [1.165, 1.54) is 0 Å². The molecule has 0 fully saturated rings. The van der Waals surface area contributed by atoms with Crippen molar-refractivity contribution in [2.24, 2.45) is 5.10 Å². The van der Waals surface area contributed by atoms with Gasteiger partial charge in [0.25, 0.3) is 0 Å². The second kappa shape index (κ2) is 6.55. The zero-order chi connectivity index (χ0) is 18.4. The highest BCUT2D eigenvalue weighted by Crippen LogP contribution is 2.48. The summed E-state index contributed by atoms with van der Waals surface area (Å²) in [7, 11) is 0. The SMILES string of the molecule is Clc1ccc(C2=NN3[C@H](C2)c2cc(Cl)ccc2O[C@@H]3c2ccncc2)cc1. The van der Waals surface area contributed by atoms with Gasteiger partial charge in [-0.1, -0.05) is 35.3 Å². The molecule has 2 aliphatic rings. The quantitative estimate of drug-likeness (QED) is 0.563. The van der Waals surface area contributed by atoms with Crippen molar-refractivity contribution in [3.63, 3.8) is 0 Å².